The van der Waals surface area contributed by atoms with Crippen molar-refractivity contribution in [1.82, 2.24) is 4.98 Å². The first-order chi connectivity index (χ1) is 11.9. The third kappa shape index (κ3) is 4.32. The van der Waals surface area contributed by atoms with Gasteiger partial charge in [-0.05, 0) is 56.9 Å². The highest BCUT2D eigenvalue weighted by Crippen LogP contribution is 2.39. The van der Waals surface area contributed by atoms with Gasteiger partial charge >= 0.3 is 5.97 Å². The summed E-state index contributed by atoms with van der Waals surface area (Å²) in [4.78, 5) is 28.3. The Labute approximate surface area is 148 Å². The van der Waals surface area contributed by atoms with E-state index < -0.39 is 17.5 Å². The average molecular weight is 337 g/mol. The molecule has 0 spiro atoms. The van der Waals surface area contributed by atoms with Crippen LogP contribution in [0.15, 0.2) is 42.6 Å². The van der Waals surface area contributed by atoms with Crippen LogP contribution in [0.3, 0.4) is 0 Å². The van der Waals surface area contributed by atoms with Crippen LogP contribution in [0.5, 0.6) is 0 Å². The van der Waals surface area contributed by atoms with Crippen LogP contribution in [0.1, 0.15) is 56.7 Å². The second-order valence-corrected chi connectivity index (χ2v) is 7.52. The predicted octanol–water partition coefficient (Wildman–Crippen LogP) is 4.25. The number of hydrogen-bond acceptors (Lipinski definition) is 4. The van der Waals surface area contributed by atoms with Crippen LogP contribution in [0, 0.1) is 0 Å². The zero-order valence-corrected chi connectivity index (χ0v) is 14.9. The van der Waals surface area contributed by atoms with E-state index in [1.807, 2.05) is 30.5 Å². The summed E-state index contributed by atoms with van der Waals surface area (Å²) in [5.41, 5.74) is 3.05. The average Bonchev–Trinajstić information content (AvgIpc) is 3.39. The molecule has 1 unspecified atom stereocenters. The smallest absolute Gasteiger partial charge is 0.321 e. The topological polar surface area (TPSA) is 56.3 Å². The van der Waals surface area contributed by atoms with Gasteiger partial charge in [-0.2, -0.15) is 0 Å². The molecule has 0 radical (unpaired) electrons. The second kappa shape index (κ2) is 6.79. The SMILES string of the molecule is CC(C)(C)OC(=O)C(C=O)c1cccc(-c2ccc(C3CC3)nc2)c1. The zero-order chi connectivity index (χ0) is 18.0. The second-order valence-electron chi connectivity index (χ2n) is 7.52. The minimum atomic E-state index is -0.919. The Bertz CT molecular complexity index is 770. The molecule has 1 fully saturated rings. The van der Waals surface area contributed by atoms with Gasteiger partial charge in [0.15, 0.2) is 0 Å². The zero-order valence-electron chi connectivity index (χ0n) is 14.9. The minimum absolute atomic E-state index is 0.526. The van der Waals surface area contributed by atoms with Crippen LogP contribution in [0.2, 0.25) is 0 Å². The first kappa shape index (κ1) is 17.3. The Morgan fingerprint density at radius 3 is 2.52 bits per heavy atom. The van der Waals surface area contributed by atoms with Gasteiger partial charge in [-0.1, -0.05) is 24.3 Å². The normalized spacial score (nSPS) is 15.5. The molecule has 2 aromatic rings. The van der Waals surface area contributed by atoms with Crippen LogP contribution in [-0.2, 0) is 14.3 Å². The lowest BCUT2D eigenvalue weighted by atomic mass is 9.96. The molecule has 4 nitrogen and oxygen atoms in total. The molecule has 1 aromatic carbocycles. The standard InChI is InChI=1S/C21H23NO3/c1-21(2,3)25-20(24)18(13-23)16-6-4-5-15(11-16)17-9-10-19(22-12-17)14-7-8-14/h4-6,9-14,18H,7-8H2,1-3H3. The van der Waals surface area contributed by atoms with E-state index in [0.717, 1.165) is 16.8 Å². The molecule has 0 bridgehead atoms. The fraction of sp³-hybridized carbons (Fsp3) is 0.381. The van der Waals surface area contributed by atoms with Gasteiger partial charge < -0.3 is 9.53 Å². The van der Waals surface area contributed by atoms with Crippen molar-refractivity contribution in [3.8, 4) is 11.1 Å². The quantitative estimate of drug-likeness (QED) is 0.465. The molecule has 1 aliphatic carbocycles. The highest BCUT2D eigenvalue weighted by Gasteiger charge is 2.27. The van der Waals surface area contributed by atoms with Gasteiger partial charge in [0, 0.05) is 23.4 Å². The van der Waals surface area contributed by atoms with E-state index in [-0.39, 0.29) is 0 Å². The number of aromatic nitrogens is 1. The van der Waals surface area contributed by atoms with Crippen molar-refractivity contribution in [3.05, 3.63) is 53.9 Å². The van der Waals surface area contributed by atoms with Crippen LogP contribution >= 0.6 is 0 Å². The maximum atomic E-state index is 12.3. The lowest BCUT2D eigenvalue weighted by molar-refractivity contribution is -0.157. The molecular formula is C21H23NO3. The van der Waals surface area contributed by atoms with Crippen molar-refractivity contribution in [2.75, 3.05) is 0 Å². The number of hydrogen-bond donors (Lipinski definition) is 0. The van der Waals surface area contributed by atoms with Crippen LogP contribution in [0.25, 0.3) is 11.1 Å². The van der Waals surface area contributed by atoms with Gasteiger partial charge in [0.1, 0.15) is 17.8 Å². The molecule has 3 rings (SSSR count). The Balaban J connectivity index is 1.84. The minimum Gasteiger partial charge on any atom is -0.459 e. The van der Waals surface area contributed by atoms with E-state index >= 15 is 0 Å². The predicted molar refractivity (Wildman–Crippen MR) is 96.3 cm³/mol. The van der Waals surface area contributed by atoms with E-state index in [4.69, 9.17) is 4.74 Å². The Morgan fingerprint density at radius 2 is 1.96 bits per heavy atom. The number of rotatable bonds is 5. The summed E-state index contributed by atoms with van der Waals surface area (Å²) in [6, 6.07) is 11.5. The van der Waals surface area contributed by atoms with Gasteiger partial charge in [0.2, 0.25) is 0 Å². The molecular weight excluding hydrogens is 314 g/mol. The van der Waals surface area contributed by atoms with Gasteiger partial charge in [0.25, 0.3) is 0 Å². The Hall–Kier alpha value is -2.49. The Morgan fingerprint density at radius 1 is 1.20 bits per heavy atom. The lowest BCUT2D eigenvalue weighted by Crippen LogP contribution is -2.28. The Kier molecular flexibility index (Phi) is 4.71. The molecule has 25 heavy (non-hydrogen) atoms. The van der Waals surface area contributed by atoms with Gasteiger partial charge in [-0.15, -0.1) is 0 Å². The van der Waals surface area contributed by atoms with Gasteiger partial charge in [-0.3, -0.25) is 9.78 Å². The summed E-state index contributed by atoms with van der Waals surface area (Å²) in [5.74, 6) is -0.827. The van der Waals surface area contributed by atoms with Crippen molar-refractivity contribution in [1.29, 1.82) is 0 Å². The van der Waals surface area contributed by atoms with Crippen molar-refractivity contribution in [3.63, 3.8) is 0 Å². The molecule has 0 aliphatic heterocycles. The summed E-state index contributed by atoms with van der Waals surface area (Å²) in [6.07, 6.45) is 4.94. The molecule has 130 valence electrons. The number of pyridine rings is 1. The molecule has 1 aromatic heterocycles. The number of aldehydes is 1. The lowest BCUT2D eigenvalue weighted by Gasteiger charge is -2.22. The molecule has 0 saturated heterocycles. The molecule has 1 aliphatic rings. The fourth-order valence-corrected chi connectivity index (χ4v) is 2.74. The van der Waals surface area contributed by atoms with Gasteiger partial charge in [0.05, 0.1) is 0 Å². The summed E-state index contributed by atoms with van der Waals surface area (Å²) in [6.45, 7) is 5.36. The molecule has 1 heterocycles. The van der Waals surface area contributed by atoms with Crippen molar-refractivity contribution in [2.24, 2.45) is 0 Å². The highest BCUT2D eigenvalue weighted by atomic mass is 16.6. The van der Waals surface area contributed by atoms with Crippen LogP contribution in [0.4, 0.5) is 0 Å². The van der Waals surface area contributed by atoms with Crippen molar-refractivity contribution in [2.45, 2.75) is 51.0 Å². The van der Waals surface area contributed by atoms with E-state index in [1.54, 1.807) is 26.8 Å². The highest BCUT2D eigenvalue weighted by molar-refractivity contribution is 5.94. The van der Waals surface area contributed by atoms with E-state index in [0.29, 0.717) is 17.8 Å². The number of carbonyl (C=O) groups excluding carboxylic acids is 2. The summed E-state index contributed by atoms with van der Waals surface area (Å²) in [7, 11) is 0. The third-order valence-electron chi connectivity index (χ3n) is 4.16. The molecule has 0 amide bonds. The maximum absolute atomic E-state index is 12.3. The molecule has 1 saturated carbocycles. The third-order valence-corrected chi connectivity index (χ3v) is 4.16. The first-order valence-electron chi connectivity index (χ1n) is 8.62. The number of ether oxygens (including phenoxy) is 1. The largest absolute Gasteiger partial charge is 0.459 e. The van der Waals surface area contributed by atoms with E-state index in [1.165, 1.54) is 12.8 Å². The fourth-order valence-electron chi connectivity index (χ4n) is 2.74. The van der Waals surface area contributed by atoms with Gasteiger partial charge in [-0.25, -0.2) is 0 Å². The number of esters is 1. The first-order valence-corrected chi connectivity index (χ1v) is 8.62. The number of carbonyl (C=O) groups is 2. The summed E-state index contributed by atoms with van der Waals surface area (Å²) >= 11 is 0. The summed E-state index contributed by atoms with van der Waals surface area (Å²) < 4.78 is 5.36. The summed E-state index contributed by atoms with van der Waals surface area (Å²) in [5, 5.41) is 0. The van der Waals surface area contributed by atoms with Crippen molar-refractivity contribution >= 4 is 12.3 Å². The number of benzene rings is 1. The molecule has 0 N–H and O–H groups in total. The monoisotopic (exact) mass is 337 g/mol. The molecule has 4 heteroatoms. The maximum Gasteiger partial charge on any atom is 0.321 e. The van der Waals surface area contributed by atoms with Crippen LogP contribution < -0.4 is 0 Å². The molecule has 1 atom stereocenters. The van der Waals surface area contributed by atoms with Crippen LogP contribution in [-0.4, -0.2) is 22.8 Å². The van der Waals surface area contributed by atoms with E-state index in [9.17, 15) is 9.59 Å². The van der Waals surface area contributed by atoms with Crippen molar-refractivity contribution < 1.29 is 14.3 Å². The number of nitrogens with zero attached hydrogens (tertiary/aromatic N) is 1. The van der Waals surface area contributed by atoms with E-state index in [2.05, 4.69) is 11.1 Å².